The summed E-state index contributed by atoms with van der Waals surface area (Å²) >= 11 is 0. The number of hydrogen-bond donors (Lipinski definition) is 8. The van der Waals surface area contributed by atoms with Gasteiger partial charge < -0.3 is 89.4 Å². The molecule has 27 heteroatoms. The average molecular weight is 1120 g/mol. The number of nitro groups is 1. The number of non-ortho nitro benzene ring substituents is 1. The number of nitrogens with zero attached hydrogens (tertiary/aromatic N) is 3. The Hall–Kier alpha value is -6.26. The van der Waals surface area contributed by atoms with Gasteiger partial charge in [-0.1, -0.05) is 0 Å². The lowest BCUT2D eigenvalue weighted by Crippen LogP contribution is -2.71. The number of aliphatic hydroxyl groups is 4. The number of rotatable bonds is 14. The third-order valence-electron chi connectivity index (χ3n) is 12.9. The van der Waals surface area contributed by atoms with E-state index in [1.54, 1.807) is 89.2 Å². The van der Waals surface area contributed by atoms with E-state index < -0.39 is 149 Å². The van der Waals surface area contributed by atoms with Crippen molar-refractivity contribution in [1.29, 1.82) is 0 Å². The van der Waals surface area contributed by atoms with Crippen LogP contribution < -0.4 is 21.3 Å². The van der Waals surface area contributed by atoms with Crippen molar-refractivity contribution in [3.8, 4) is 0 Å². The van der Waals surface area contributed by atoms with E-state index in [0.717, 1.165) is 4.90 Å². The molecule has 27 nitrogen and oxygen atoms in total. The molecule has 2 unspecified atom stereocenters. The van der Waals surface area contributed by atoms with Crippen molar-refractivity contribution in [2.45, 2.75) is 198 Å². The molecule has 6 amide bonds. The quantitative estimate of drug-likeness (QED) is 0.0751. The second kappa shape index (κ2) is 25.0. The maximum atomic E-state index is 14.2. The number of carbonyl (C=O) groups excluding carboxylic acids is 6. The molecule has 1 aromatic rings. The summed E-state index contributed by atoms with van der Waals surface area (Å²) in [5.41, 5.74) is -5.46. The summed E-state index contributed by atoms with van der Waals surface area (Å²) in [6, 6.07) is 0.164. The Morgan fingerprint density at radius 1 is 0.810 bits per heavy atom. The summed E-state index contributed by atoms with van der Waals surface area (Å²) < 4.78 is 46.6. The first-order valence-corrected chi connectivity index (χ1v) is 26.1. The summed E-state index contributed by atoms with van der Waals surface area (Å²) in [6.07, 6.45) is -13.5. The Balaban J connectivity index is 1.53. The van der Waals surface area contributed by atoms with Gasteiger partial charge in [0.1, 0.15) is 64.8 Å². The summed E-state index contributed by atoms with van der Waals surface area (Å²) in [5.74, 6) is -3.03. The fourth-order valence-electron chi connectivity index (χ4n) is 9.44. The van der Waals surface area contributed by atoms with Gasteiger partial charge in [-0.15, -0.1) is 0 Å². The average Bonchev–Trinajstić information content (AvgIpc) is 3.30. The molecule has 2 saturated heterocycles. The second-order valence-corrected chi connectivity index (χ2v) is 24.5. The number of carbonyl (C=O) groups is 6. The summed E-state index contributed by atoms with van der Waals surface area (Å²) in [7, 11) is 1.29. The number of benzene rings is 1. The molecule has 5 rings (SSSR count). The SMILES string of the molecule is CN(C(=O)OC(C)(C)C)[C@@H]1[C@@H](O)[C@@H](O[C@@H]2[C@@H](O)[C@H](C3OC(CNC(=O)OCc4ccc([N+](=O)[O-])cc4)=CC[C@H]3NC(=O)OC(C)(C)C)[C@@H](NC(=O)OC(C)(C)C)C[C@H]2NC(=O)C(O)C2CN(C(=O)OC(C)(C)C)C2)OC[C@]1(C)O. The Labute approximate surface area is 459 Å². The highest BCUT2D eigenvalue weighted by Crippen LogP contribution is 2.39. The number of likely N-dealkylation sites (N-methyl/N-ethyl adjacent to an activating group) is 1. The summed E-state index contributed by atoms with van der Waals surface area (Å²) in [6.45, 7) is 19.8. The standard InChI is InChI=1S/C52H81N7O20/c1-48(2,3)76-44(65)55-31-20-19-30(22-53-43(64)72-25-27-15-17-29(18-16-27)59(70)71)74-38(31)34-32(56-45(66)77-49(4,5)6)21-33(54-41(63)35(60)28-23-58(24-28)47(68)79-51(10,11)12)39(36(34)61)75-42-37(62)40(52(13,69)26-73-42)57(14)46(67)78-50(7,8)9/h15-19,28,31-40,42,60-62,69H,20-26H2,1-14H3,(H,53,64)(H,54,63)(H,55,65)(H,56,66)/t31-,32+,33-,34-,35?,36+,37-,38?,39+,40-,42-,52+/m1/s1. The van der Waals surface area contributed by atoms with Crippen molar-refractivity contribution in [3.05, 3.63) is 51.8 Å². The Morgan fingerprint density at radius 2 is 1.37 bits per heavy atom. The molecule has 79 heavy (non-hydrogen) atoms. The molecule has 0 spiro atoms. The minimum Gasteiger partial charge on any atom is -0.491 e. The third kappa shape index (κ3) is 18.1. The van der Waals surface area contributed by atoms with Gasteiger partial charge in [-0.3, -0.25) is 14.9 Å². The van der Waals surface area contributed by atoms with Gasteiger partial charge in [0.05, 0.1) is 42.3 Å². The summed E-state index contributed by atoms with van der Waals surface area (Å²) in [4.78, 5) is 93.7. The first kappa shape index (κ1) is 63.6. The van der Waals surface area contributed by atoms with Crippen LogP contribution in [0.2, 0.25) is 0 Å². The van der Waals surface area contributed by atoms with Crippen LogP contribution in [0.4, 0.5) is 29.7 Å². The molecule has 3 aliphatic heterocycles. The molecular weight excluding hydrogens is 1040 g/mol. The largest absolute Gasteiger partial charge is 0.491 e. The zero-order valence-electron chi connectivity index (χ0n) is 47.4. The van der Waals surface area contributed by atoms with Gasteiger partial charge in [-0.25, -0.2) is 24.0 Å². The predicted octanol–water partition coefficient (Wildman–Crippen LogP) is 3.46. The third-order valence-corrected chi connectivity index (χ3v) is 12.9. The van der Waals surface area contributed by atoms with E-state index in [1.165, 1.54) is 43.1 Å². The molecule has 0 radical (unpaired) electrons. The van der Waals surface area contributed by atoms with Crippen LogP contribution in [-0.2, 0) is 49.3 Å². The van der Waals surface area contributed by atoms with Gasteiger partial charge in [-0.05, 0) is 127 Å². The van der Waals surface area contributed by atoms with Gasteiger partial charge in [0, 0.05) is 50.1 Å². The van der Waals surface area contributed by atoms with E-state index in [-0.39, 0.29) is 50.5 Å². The lowest BCUT2D eigenvalue weighted by Gasteiger charge is -2.52. The highest BCUT2D eigenvalue weighted by Gasteiger charge is 2.57. The smallest absolute Gasteiger partial charge is 0.410 e. The van der Waals surface area contributed by atoms with Crippen LogP contribution in [0, 0.1) is 22.0 Å². The first-order chi connectivity index (χ1) is 36.3. The molecule has 1 saturated carbocycles. The fraction of sp³-hybridized carbons (Fsp3) is 0.731. The van der Waals surface area contributed by atoms with Crippen LogP contribution in [0.5, 0.6) is 0 Å². The summed E-state index contributed by atoms with van der Waals surface area (Å²) in [5, 5.41) is 70.2. The van der Waals surface area contributed by atoms with Crippen LogP contribution in [0.25, 0.3) is 0 Å². The topological polar surface area (TPSA) is 355 Å². The first-order valence-electron chi connectivity index (χ1n) is 26.1. The fourth-order valence-corrected chi connectivity index (χ4v) is 9.44. The molecule has 3 heterocycles. The van der Waals surface area contributed by atoms with Crippen LogP contribution in [0.15, 0.2) is 36.1 Å². The molecule has 8 N–H and O–H groups in total. The van der Waals surface area contributed by atoms with Crippen molar-refractivity contribution in [2.24, 2.45) is 11.8 Å². The number of nitro benzene ring substituents is 1. The lowest BCUT2D eigenvalue weighted by atomic mass is 9.72. The van der Waals surface area contributed by atoms with Gasteiger partial charge >= 0.3 is 30.5 Å². The van der Waals surface area contributed by atoms with Crippen molar-refractivity contribution in [2.75, 3.05) is 33.3 Å². The van der Waals surface area contributed by atoms with Gasteiger partial charge in [0.15, 0.2) is 6.29 Å². The zero-order chi connectivity index (χ0) is 59.3. The number of nitrogens with one attached hydrogen (secondary N) is 4. The van der Waals surface area contributed by atoms with Crippen LogP contribution in [0.3, 0.4) is 0 Å². The van der Waals surface area contributed by atoms with Crippen LogP contribution in [-0.4, -0.2) is 194 Å². The van der Waals surface area contributed by atoms with Crippen molar-refractivity contribution < 1.29 is 92.0 Å². The van der Waals surface area contributed by atoms with Gasteiger partial charge in [-0.2, -0.15) is 0 Å². The van der Waals surface area contributed by atoms with E-state index in [2.05, 4.69) is 21.3 Å². The maximum Gasteiger partial charge on any atom is 0.410 e. The number of hydrogen-bond acceptors (Lipinski definition) is 20. The molecule has 444 valence electrons. The minimum absolute atomic E-state index is 0.0288. The van der Waals surface area contributed by atoms with E-state index in [1.807, 2.05) is 0 Å². The number of alkyl carbamates (subject to hydrolysis) is 3. The van der Waals surface area contributed by atoms with Crippen molar-refractivity contribution in [3.63, 3.8) is 0 Å². The molecular formula is C52H81N7O20. The van der Waals surface area contributed by atoms with Crippen LogP contribution in [0.1, 0.15) is 108 Å². The number of amides is 6. The van der Waals surface area contributed by atoms with E-state index in [0.29, 0.717) is 5.56 Å². The van der Waals surface area contributed by atoms with E-state index in [4.69, 9.17) is 37.9 Å². The number of aliphatic hydroxyl groups excluding tert-OH is 3. The van der Waals surface area contributed by atoms with E-state index in [9.17, 15) is 59.3 Å². The molecule has 1 aliphatic carbocycles. The molecule has 12 atom stereocenters. The molecule has 0 bridgehead atoms. The Bertz CT molecular complexity index is 2370. The zero-order valence-corrected chi connectivity index (χ0v) is 47.4. The van der Waals surface area contributed by atoms with Crippen LogP contribution >= 0.6 is 0 Å². The Kier molecular flexibility index (Phi) is 20.1. The normalized spacial score (nSPS) is 28.0. The molecule has 1 aromatic carbocycles. The van der Waals surface area contributed by atoms with E-state index >= 15 is 0 Å². The van der Waals surface area contributed by atoms with Crippen molar-refractivity contribution >= 4 is 42.1 Å². The Morgan fingerprint density at radius 3 is 1.91 bits per heavy atom. The minimum atomic E-state index is -1.92. The van der Waals surface area contributed by atoms with Crippen molar-refractivity contribution in [1.82, 2.24) is 31.1 Å². The monoisotopic (exact) mass is 1120 g/mol. The second-order valence-electron chi connectivity index (χ2n) is 24.5. The molecule has 0 aromatic heterocycles. The van der Waals surface area contributed by atoms with Gasteiger partial charge in [0.2, 0.25) is 5.91 Å². The number of likely N-dealkylation sites (tertiary alicyclic amines) is 1. The maximum absolute atomic E-state index is 14.2. The molecule has 3 fully saturated rings. The predicted molar refractivity (Wildman–Crippen MR) is 278 cm³/mol. The number of ether oxygens (including phenoxy) is 8. The van der Waals surface area contributed by atoms with Gasteiger partial charge in [0.25, 0.3) is 5.69 Å². The lowest BCUT2D eigenvalue weighted by molar-refractivity contribution is -0.384. The molecule has 4 aliphatic rings. The highest BCUT2D eigenvalue weighted by atomic mass is 16.7. The highest BCUT2D eigenvalue weighted by molar-refractivity contribution is 5.82.